The molecule has 0 atom stereocenters. The van der Waals surface area contributed by atoms with Crippen LogP contribution in [0.5, 0.6) is 0 Å². The Morgan fingerprint density at radius 3 is 2.75 bits per heavy atom. The average molecular weight is 239 g/mol. The molecular formula is C13H19ClN2. The molecule has 88 valence electrons. The van der Waals surface area contributed by atoms with Crippen LogP contribution in [0.15, 0.2) is 18.2 Å². The third-order valence-corrected chi connectivity index (χ3v) is 3.29. The Hall–Kier alpha value is -0.730. The molecule has 16 heavy (non-hydrogen) atoms. The van der Waals surface area contributed by atoms with E-state index in [-0.39, 0.29) is 0 Å². The standard InChI is InChI=1S/C13H19ClN2/c1-2-15-10-11-5-6-12(14)9-13(11)16-7-3-4-8-16/h5-6,9,15H,2-4,7-8,10H2,1H3. The summed E-state index contributed by atoms with van der Waals surface area (Å²) in [5.41, 5.74) is 2.67. The molecule has 0 bridgehead atoms. The molecule has 2 rings (SSSR count). The zero-order chi connectivity index (χ0) is 11.4. The minimum Gasteiger partial charge on any atom is -0.371 e. The van der Waals surface area contributed by atoms with Crippen LogP contribution in [-0.4, -0.2) is 19.6 Å². The summed E-state index contributed by atoms with van der Waals surface area (Å²) in [6.45, 7) is 6.39. The number of rotatable bonds is 4. The summed E-state index contributed by atoms with van der Waals surface area (Å²) >= 11 is 6.08. The van der Waals surface area contributed by atoms with Gasteiger partial charge in [-0.25, -0.2) is 0 Å². The van der Waals surface area contributed by atoms with Gasteiger partial charge in [-0.15, -0.1) is 0 Å². The van der Waals surface area contributed by atoms with E-state index in [2.05, 4.69) is 29.3 Å². The van der Waals surface area contributed by atoms with Crippen LogP contribution < -0.4 is 10.2 Å². The Morgan fingerprint density at radius 1 is 1.31 bits per heavy atom. The molecule has 0 unspecified atom stereocenters. The first-order valence-corrected chi connectivity index (χ1v) is 6.43. The van der Waals surface area contributed by atoms with Gasteiger partial charge in [-0.05, 0) is 37.1 Å². The lowest BCUT2D eigenvalue weighted by Crippen LogP contribution is -2.21. The molecule has 0 saturated carbocycles. The van der Waals surface area contributed by atoms with Crippen molar-refractivity contribution in [2.45, 2.75) is 26.3 Å². The molecule has 0 amide bonds. The molecule has 1 aromatic carbocycles. The fourth-order valence-electron chi connectivity index (χ4n) is 2.20. The number of benzene rings is 1. The highest BCUT2D eigenvalue weighted by Crippen LogP contribution is 2.27. The number of nitrogens with zero attached hydrogens (tertiary/aromatic N) is 1. The van der Waals surface area contributed by atoms with Crippen molar-refractivity contribution >= 4 is 17.3 Å². The van der Waals surface area contributed by atoms with Crippen molar-refractivity contribution in [3.8, 4) is 0 Å². The van der Waals surface area contributed by atoms with E-state index >= 15 is 0 Å². The Labute approximate surface area is 103 Å². The molecule has 1 saturated heterocycles. The number of halogens is 1. The van der Waals surface area contributed by atoms with Gasteiger partial charge in [0.2, 0.25) is 0 Å². The zero-order valence-electron chi connectivity index (χ0n) is 9.80. The number of anilines is 1. The predicted molar refractivity (Wildman–Crippen MR) is 70.3 cm³/mol. The van der Waals surface area contributed by atoms with Crippen molar-refractivity contribution in [3.05, 3.63) is 28.8 Å². The highest BCUT2D eigenvalue weighted by molar-refractivity contribution is 6.30. The van der Waals surface area contributed by atoms with Crippen LogP contribution in [0, 0.1) is 0 Å². The zero-order valence-corrected chi connectivity index (χ0v) is 10.6. The molecule has 1 heterocycles. The first-order chi connectivity index (χ1) is 7.81. The Morgan fingerprint density at radius 2 is 2.06 bits per heavy atom. The van der Waals surface area contributed by atoms with Crippen molar-refractivity contribution < 1.29 is 0 Å². The van der Waals surface area contributed by atoms with E-state index in [9.17, 15) is 0 Å². The smallest absolute Gasteiger partial charge is 0.0426 e. The maximum Gasteiger partial charge on any atom is 0.0426 e. The van der Waals surface area contributed by atoms with Gasteiger partial charge in [-0.1, -0.05) is 24.6 Å². The van der Waals surface area contributed by atoms with E-state index in [4.69, 9.17) is 11.6 Å². The molecule has 1 aromatic rings. The van der Waals surface area contributed by atoms with Gasteiger partial charge in [0.1, 0.15) is 0 Å². The van der Waals surface area contributed by atoms with Gasteiger partial charge in [-0.3, -0.25) is 0 Å². The molecule has 2 nitrogen and oxygen atoms in total. The Kier molecular flexibility index (Phi) is 4.08. The number of hydrogen-bond acceptors (Lipinski definition) is 2. The predicted octanol–water partition coefficient (Wildman–Crippen LogP) is 3.05. The first-order valence-electron chi connectivity index (χ1n) is 6.05. The van der Waals surface area contributed by atoms with E-state index < -0.39 is 0 Å². The van der Waals surface area contributed by atoms with Crippen molar-refractivity contribution in [2.24, 2.45) is 0 Å². The van der Waals surface area contributed by atoms with Crippen LogP contribution in [0.4, 0.5) is 5.69 Å². The van der Waals surface area contributed by atoms with E-state index in [1.54, 1.807) is 0 Å². The minimum absolute atomic E-state index is 0.835. The van der Waals surface area contributed by atoms with Crippen molar-refractivity contribution in [1.82, 2.24) is 5.32 Å². The Bertz CT molecular complexity index is 346. The average Bonchev–Trinajstić information content (AvgIpc) is 2.80. The van der Waals surface area contributed by atoms with E-state index in [0.717, 1.165) is 18.1 Å². The molecule has 1 aliphatic heterocycles. The lowest BCUT2D eigenvalue weighted by atomic mass is 10.1. The molecule has 0 spiro atoms. The van der Waals surface area contributed by atoms with Gasteiger partial charge in [0, 0.05) is 30.3 Å². The van der Waals surface area contributed by atoms with Gasteiger partial charge in [0.15, 0.2) is 0 Å². The van der Waals surface area contributed by atoms with Crippen molar-refractivity contribution in [1.29, 1.82) is 0 Å². The van der Waals surface area contributed by atoms with Gasteiger partial charge in [-0.2, -0.15) is 0 Å². The largest absolute Gasteiger partial charge is 0.371 e. The second-order valence-electron chi connectivity index (χ2n) is 4.25. The fraction of sp³-hybridized carbons (Fsp3) is 0.538. The van der Waals surface area contributed by atoms with Crippen LogP contribution in [0.25, 0.3) is 0 Å². The molecule has 0 radical (unpaired) electrons. The van der Waals surface area contributed by atoms with Crippen LogP contribution in [0.3, 0.4) is 0 Å². The van der Waals surface area contributed by atoms with E-state index in [0.29, 0.717) is 0 Å². The normalized spacial score (nSPS) is 15.8. The van der Waals surface area contributed by atoms with Crippen LogP contribution >= 0.6 is 11.6 Å². The molecule has 1 fully saturated rings. The Balaban J connectivity index is 2.21. The lowest BCUT2D eigenvalue weighted by Gasteiger charge is -2.21. The summed E-state index contributed by atoms with van der Waals surface area (Å²) in [7, 11) is 0. The van der Waals surface area contributed by atoms with Crippen LogP contribution in [0.2, 0.25) is 5.02 Å². The minimum atomic E-state index is 0.835. The lowest BCUT2D eigenvalue weighted by molar-refractivity contribution is 0.724. The second-order valence-corrected chi connectivity index (χ2v) is 4.68. The van der Waals surface area contributed by atoms with Crippen molar-refractivity contribution in [2.75, 3.05) is 24.5 Å². The molecule has 1 N–H and O–H groups in total. The van der Waals surface area contributed by atoms with E-state index in [1.807, 2.05) is 6.07 Å². The molecule has 0 aliphatic carbocycles. The summed E-state index contributed by atoms with van der Waals surface area (Å²) in [6, 6.07) is 6.21. The summed E-state index contributed by atoms with van der Waals surface area (Å²) in [6.07, 6.45) is 2.60. The number of nitrogens with one attached hydrogen (secondary N) is 1. The molecule has 3 heteroatoms. The van der Waals surface area contributed by atoms with Crippen LogP contribution in [-0.2, 0) is 6.54 Å². The summed E-state index contributed by atoms with van der Waals surface area (Å²) in [5, 5.41) is 4.21. The highest BCUT2D eigenvalue weighted by atomic mass is 35.5. The summed E-state index contributed by atoms with van der Waals surface area (Å²) < 4.78 is 0. The number of hydrogen-bond donors (Lipinski definition) is 1. The third kappa shape index (κ3) is 2.69. The quantitative estimate of drug-likeness (QED) is 0.868. The maximum atomic E-state index is 6.08. The SMILES string of the molecule is CCNCc1ccc(Cl)cc1N1CCCC1. The molecule has 1 aliphatic rings. The summed E-state index contributed by atoms with van der Waals surface area (Å²) in [4.78, 5) is 2.44. The van der Waals surface area contributed by atoms with Gasteiger partial charge >= 0.3 is 0 Å². The monoisotopic (exact) mass is 238 g/mol. The summed E-state index contributed by atoms with van der Waals surface area (Å²) in [5.74, 6) is 0. The second kappa shape index (κ2) is 5.55. The first kappa shape index (κ1) is 11.7. The molecule has 0 aromatic heterocycles. The fourth-order valence-corrected chi connectivity index (χ4v) is 2.36. The topological polar surface area (TPSA) is 15.3 Å². The van der Waals surface area contributed by atoms with Crippen molar-refractivity contribution in [3.63, 3.8) is 0 Å². The van der Waals surface area contributed by atoms with Gasteiger partial charge in [0.25, 0.3) is 0 Å². The van der Waals surface area contributed by atoms with Gasteiger partial charge < -0.3 is 10.2 Å². The highest BCUT2D eigenvalue weighted by Gasteiger charge is 2.15. The van der Waals surface area contributed by atoms with Gasteiger partial charge in [0.05, 0.1) is 0 Å². The van der Waals surface area contributed by atoms with E-state index in [1.165, 1.54) is 37.2 Å². The maximum absolute atomic E-state index is 6.08. The van der Waals surface area contributed by atoms with Crippen LogP contribution in [0.1, 0.15) is 25.3 Å². The third-order valence-electron chi connectivity index (χ3n) is 3.06. The molecular weight excluding hydrogens is 220 g/mol.